The number of hydrogen-bond donors (Lipinski definition) is 3. The van der Waals surface area contributed by atoms with Gasteiger partial charge in [-0.05, 0) is 20.3 Å². The summed E-state index contributed by atoms with van der Waals surface area (Å²) in [7, 11) is 1.60. The fraction of sp³-hybridized carbons (Fsp3) is 0.818. The van der Waals surface area contributed by atoms with Gasteiger partial charge < -0.3 is 20.9 Å². The Morgan fingerprint density at radius 2 is 2.11 bits per heavy atom. The SMILES string of the molecule is COCCCNC(=O)CSC(C)(C)[C@@H](N)C(=O)O. The largest absolute Gasteiger partial charge is 0.480 e. The summed E-state index contributed by atoms with van der Waals surface area (Å²) in [5.74, 6) is -0.990. The number of rotatable bonds is 9. The molecular weight excluding hydrogens is 256 g/mol. The molecule has 4 N–H and O–H groups in total. The van der Waals surface area contributed by atoms with Gasteiger partial charge in [0, 0.05) is 25.0 Å². The Morgan fingerprint density at radius 1 is 1.50 bits per heavy atom. The van der Waals surface area contributed by atoms with E-state index < -0.39 is 16.8 Å². The number of ether oxygens (including phenoxy) is 1. The molecular formula is C11H22N2O4S. The van der Waals surface area contributed by atoms with Crippen LogP contribution in [0.5, 0.6) is 0 Å². The number of carbonyl (C=O) groups is 2. The maximum absolute atomic E-state index is 11.5. The minimum absolute atomic E-state index is 0.123. The predicted octanol–water partition coefficient (Wildman–Crippen LogP) is 0.0628. The Bertz CT molecular complexity index is 284. The number of methoxy groups -OCH3 is 1. The van der Waals surface area contributed by atoms with E-state index in [1.807, 2.05) is 0 Å². The first kappa shape index (κ1) is 17.2. The third kappa shape index (κ3) is 6.83. The summed E-state index contributed by atoms with van der Waals surface area (Å²) < 4.78 is 4.17. The Labute approximate surface area is 112 Å². The molecule has 6 nitrogen and oxygen atoms in total. The van der Waals surface area contributed by atoms with Crippen LogP contribution in [0.25, 0.3) is 0 Å². The van der Waals surface area contributed by atoms with Gasteiger partial charge in [-0.25, -0.2) is 0 Å². The molecule has 0 aliphatic rings. The third-order valence-corrected chi connectivity index (χ3v) is 3.84. The number of amides is 1. The Morgan fingerprint density at radius 3 is 2.61 bits per heavy atom. The van der Waals surface area contributed by atoms with Crippen molar-refractivity contribution < 1.29 is 19.4 Å². The Kier molecular flexibility index (Phi) is 7.97. The first-order chi connectivity index (χ1) is 8.31. The molecule has 1 amide bonds. The Hall–Kier alpha value is -0.790. The van der Waals surface area contributed by atoms with Crippen molar-refractivity contribution in [3.8, 4) is 0 Å². The molecule has 0 fully saturated rings. The molecule has 0 aromatic heterocycles. The summed E-state index contributed by atoms with van der Waals surface area (Å²) in [6, 6.07) is -0.996. The molecule has 0 saturated carbocycles. The minimum atomic E-state index is -1.06. The zero-order chi connectivity index (χ0) is 14.2. The molecule has 0 radical (unpaired) electrons. The van der Waals surface area contributed by atoms with Gasteiger partial charge in [-0.3, -0.25) is 9.59 Å². The molecule has 0 saturated heterocycles. The quantitative estimate of drug-likeness (QED) is 0.516. The van der Waals surface area contributed by atoms with Crippen LogP contribution in [0.4, 0.5) is 0 Å². The summed E-state index contributed by atoms with van der Waals surface area (Å²) in [4.78, 5) is 22.3. The van der Waals surface area contributed by atoms with Gasteiger partial charge >= 0.3 is 5.97 Å². The number of aliphatic carboxylic acids is 1. The second kappa shape index (κ2) is 8.34. The number of hydrogen-bond acceptors (Lipinski definition) is 5. The van der Waals surface area contributed by atoms with Gasteiger partial charge in [-0.15, -0.1) is 11.8 Å². The van der Waals surface area contributed by atoms with Crippen molar-refractivity contribution in [2.75, 3.05) is 26.0 Å². The number of thioether (sulfide) groups is 1. The molecule has 18 heavy (non-hydrogen) atoms. The molecule has 0 heterocycles. The lowest BCUT2D eigenvalue weighted by molar-refractivity contribution is -0.139. The van der Waals surface area contributed by atoms with Crippen LogP contribution in [0.2, 0.25) is 0 Å². The van der Waals surface area contributed by atoms with E-state index in [0.29, 0.717) is 13.2 Å². The molecule has 0 rings (SSSR count). The van der Waals surface area contributed by atoms with Crippen LogP contribution in [0, 0.1) is 0 Å². The minimum Gasteiger partial charge on any atom is -0.480 e. The molecule has 106 valence electrons. The van der Waals surface area contributed by atoms with E-state index >= 15 is 0 Å². The number of carboxylic acid groups (broad SMARTS) is 1. The topological polar surface area (TPSA) is 102 Å². The lowest BCUT2D eigenvalue weighted by atomic mass is 10.1. The lowest BCUT2D eigenvalue weighted by Crippen LogP contribution is -2.47. The molecule has 0 aliphatic carbocycles. The second-order valence-electron chi connectivity index (χ2n) is 4.40. The van der Waals surface area contributed by atoms with Gasteiger partial charge in [0.1, 0.15) is 6.04 Å². The summed E-state index contributed by atoms with van der Waals surface area (Å²) in [5.41, 5.74) is 5.55. The normalized spacial score (nSPS) is 13.1. The van der Waals surface area contributed by atoms with Crippen molar-refractivity contribution in [1.82, 2.24) is 5.32 Å². The van der Waals surface area contributed by atoms with E-state index in [-0.39, 0.29) is 11.7 Å². The second-order valence-corrected chi connectivity index (χ2v) is 6.03. The zero-order valence-electron chi connectivity index (χ0n) is 11.1. The van der Waals surface area contributed by atoms with Gasteiger partial charge in [0.15, 0.2) is 0 Å². The standard InChI is InChI=1S/C11H22N2O4S/c1-11(2,9(12)10(15)16)18-7-8(14)13-5-4-6-17-3/h9H,4-7,12H2,1-3H3,(H,13,14)(H,15,16)/t9-/m0/s1. The molecule has 0 aliphatic heterocycles. The highest BCUT2D eigenvalue weighted by Crippen LogP contribution is 2.27. The van der Waals surface area contributed by atoms with Crippen molar-refractivity contribution in [3.63, 3.8) is 0 Å². The number of nitrogens with one attached hydrogen (secondary N) is 1. The maximum Gasteiger partial charge on any atom is 0.321 e. The van der Waals surface area contributed by atoms with E-state index in [2.05, 4.69) is 5.32 Å². The van der Waals surface area contributed by atoms with Crippen molar-refractivity contribution in [2.24, 2.45) is 5.73 Å². The maximum atomic E-state index is 11.5. The molecule has 0 aromatic rings. The fourth-order valence-electron chi connectivity index (χ4n) is 1.13. The van der Waals surface area contributed by atoms with Crippen LogP contribution in [-0.4, -0.2) is 53.8 Å². The van der Waals surface area contributed by atoms with Gasteiger partial charge in [0.2, 0.25) is 5.91 Å². The fourth-order valence-corrected chi connectivity index (χ4v) is 2.02. The highest BCUT2D eigenvalue weighted by molar-refractivity contribution is 8.01. The van der Waals surface area contributed by atoms with Crippen LogP contribution in [0.15, 0.2) is 0 Å². The van der Waals surface area contributed by atoms with Gasteiger partial charge in [-0.2, -0.15) is 0 Å². The smallest absolute Gasteiger partial charge is 0.321 e. The average Bonchev–Trinajstić information content (AvgIpc) is 2.31. The number of nitrogens with two attached hydrogens (primary N) is 1. The van der Waals surface area contributed by atoms with Gasteiger partial charge in [0.25, 0.3) is 0 Å². The number of carbonyl (C=O) groups excluding carboxylic acids is 1. The van der Waals surface area contributed by atoms with Crippen LogP contribution in [0.1, 0.15) is 20.3 Å². The summed E-state index contributed by atoms with van der Waals surface area (Å²) in [6.07, 6.45) is 0.755. The first-order valence-corrected chi connectivity index (χ1v) is 6.67. The van der Waals surface area contributed by atoms with E-state index in [1.165, 1.54) is 11.8 Å². The summed E-state index contributed by atoms with van der Waals surface area (Å²) >= 11 is 1.24. The molecule has 0 spiro atoms. The van der Waals surface area contributed by atoms with Crippen LogP contribution < -0.4 is 11.1 Å². The van der Waals surface area contributed by atoms with E-state index in [4.69, 9.17) is 15.6 Å². The number of carboxylic acids is 1. The van der Waals surface area contributed by atoms with Crippen molar-refractivity contribution in [3.05, 3.63) is 0 Å². The van der Waals surface area contributed by atoms with E-state index in [1.54, 1.807) is 21.0 Å². The van der Waals surface area contributed by atoms with Crippen LogP contribution in [-0.2, 0) is 14.3 Å². The zero-order valence-corrected chi connectivity index (χ0v) is 11.9. The summed E-state index contributed by atoms with van der Waals surface area (Å²) in [5, 5.41) is 11.6. The third-order valence-electron chi connectivity index (χ3n) is 2.44. The van der Waals surface area contributed by atoms with Crippen molar-refractivity contribution in [2.45, 2.75) is 31.1 Å². The summed E-state index contributed by atoms with van der Waals surface area (Å²) in [6.45, 7) is 4.59. The first-order valence-electron chi connectivity index (χ1n) is 5.69. The molecule has 0 bridgehead atoms. The molecule has 0 unspecified atom stereocenters. The highest BCUT2D eigenvalue weighted by Gasteiger charge is 2.32. The predicted molar refractivity (Wildman–Crippen MR) is 71.7 cm³/mol. The van der Waals surface area contributed by atoms with Crippen molar-refractivity contribution in [1.29, 1.82) is 0 Å². The van der Waals surface area contributed by atoms with Crippen LogP contribution >= 0.6 is 11.8 Å². The highest BCUT2D eigenvalue weighted by atomic mass is 32.2. The lowest BCUT2D eigenvalue weighted by Gasteiger charge is -2.27. The molecule has 1 atom stereocenters. The van der Waals surface area contributed by atoms with Crippen molar-refractivity contribution >= 4 is 23.6 Å². The van der Waals surface area contributed by atoms with Crippen LogP contribution in [0.3, 0.4) is 0 Å². The Balaban J connectivity index is 3.93. The average molecular weight is 278 g/mol. The van der Waals surface area contributed by atoms with E-state index in [0.717, 1.165) is 6.42 Å². The van der Waals surface area contributed by atoms with E-state index in [9.17, 15) is 9.59 Å². The van der Waals surface area contributed by atoms with Gasteiger partial charge in [0.05, 0.1) is 5.75 Å². The van der Waals surface area contributed by atoms with Gasteiger partial charge in [-0.1, -0.05) is 0 Å². The molecule has 7 heteroatoms. The monoisotopic (exact) mass is 278 g/mol. The molecule has 0 aromatic carbocycles.